The first kappa shape index (κ1) is 19.4. The van der Waals surface area contributed by atoms with Gasteiger partial charge in [-0.05, 0) is 37.1 Å². The van der Waals surface area contributed by atoms with Gasteiger partial charge in [-0.25, -0.2) is 4.79 Å². The van der Waals surface area contributed by atoms with E-state index in [-0.39, 0.29) is 12.5 Å². The molecule has 1 aromatic rings. The van der Waals surface area contributed by atoms with E-state index >= 15 is 0 Å². The lowest BCUT2D eigenvalue weighted by molar-refractivity contribution is -0.152. The Morgan fingerprint density at radius 3 is 2.30 bits per heavy atom. The van der Waals surface area contributed by atoms with Gasteiger partial charge in [0, 0.05) is 36.9 Å². The van der Waals surface area contributed by atoms with Crippen LogP contribution in [-0.2, 0) is 19.1 Å². The molecule has 2 aliphatic rings. The number of piperazine rings is 1. The molecule has 2 heterocycles. The molecule has 0 aliphatic carbocycles. The Bertz CT molecular complexity index is 703. The summed E-state index contributed by atoms with van der Waals surface area (Å²) in [6.07, 6.45) is -1.11. The number of benzene rings is 1. The van der Waals surface area contributed by atoms with Gasteiger partial charge in [0.1, 0.15) is 6.10 Å². The number of halogens is 1. The Hall–Kier alpha value is -2.32. The van der Waals surface area contributed by atoms with Crippen LogP contribution in [0.25, 0.3) is 0 Å². The van der Waals surface area contributed by atoms with Gasteiger partial charge in [-0.3, -0.25) is 9.59 Å². The van der Waals surface area contributed by atoms with E-state index in [9.17, 15) is 14.4 Å². The van der Waals surface area contributed by atoms with E-state index in [1.54, 1.807) is 4.90 Å². The molecular weight excluding hydrogens is 374 g/mol. The normalized spacial score (nSPS) is 22.6. The van der Waals surface area contributed by atoms with Crippen LogP contribution in [0.4, 0.5) is 5.69 Å². The zero-order chi connectivity index (χ0) is 19.4. The van der Waals surface area contributed by atoms with E-state index in [2.05, 4.69) is 10.2 Å². The topological polar surface area (TPSA) is 99.2 Å². The van der Waals surface area contributed by atoms with E-state index in [1.807, 2.05) is 24.3 Å². The third kappa shape index (κ3) is 4.90. The van der Waals surface area contributed by atoms with Crippen molar-refractivity contribution >= 4 is 35.1 Å². The number of ether oxygens (including phenoxy) is 1. The molecule has 0 bridgehead atoms. The number of nitrogens with one attached hydrogen (secondary N) is 1. The van der Waals surface area contributed by atoms with Crippen LogP contribution >= 0.6 is 11.6 Å². The molecule has 1 aromatic carbocycles. The number of hydrogen-bond acceptors (Lipinski definition) is 5. The molecular formula is C18H22ClN3O5. The highest BCUT2D eigenvalue weighted by Gasteiger charge is 2.35. The maximum Gasteiger partial charge on any atom is 0.332 e. The predicted molar refractivity (Wildman–Crippen MR) is 98.8 cm³/mol. The molecule has 8 nitrogen and oxygen atoms in total. The van der Waals surface area contributed by atoms with Crippen molar-refractivity contribution in [2.45, 2.75) is 25.0 Å². The van der Waals surface area contributed by atoms with E-state index in [1.165, 1.54) is 0 Å². The lowest BCUT2D eigenvalue weighted by Crippen LogP contribution is -2.51. The Balaban J connectivity index is 1.41. The van der Waals surface area contributed by atoms with Gasteiger partial charge in [-0.2, -0.15) is 0 Å². The number of carboxylic acid groups (broad SMARTS) is 1. The first-order valence-electron chi connectivity index (χ1n) is 8.88. The molecule has 2 aliphatic heterocycles. The fourth-order valence-electron chi connectivity index (χ4n) is 3.27. The van der Waals surface area contributed by atoms with Gasteiger partial charge < -0.3 is 25.0 Å². The number of hydrogen-bond donors (Lipinski definition) is 2. The number of carboxylic acids is 1. The highest BCUT2D eigenvalue weighted by Crippen LogP contribution is 2.20. The number of amides is 2. The molecule has 9 heteroatoms. The number of carbonyl (C=O) groups excluding carboxylic acids is 2. The van der Waals surface area contributed by atoms with Gasteiger partial charge in [0.05, 0.1) is 6.54 Å². The summed E-state index contributed by atoms with van der Waals surface area (Å²) in [7, 11) is 0. The molecule has 2 atom stereocenters. The van der Waals surface area contributed by atoms with Gasteiger partial charge in [0.25, 0.3) is 0 Å². The molecule has 0 aromatic heterocycles. The molecule has 2 saturated heterocycles. The molecule has 3 rings (SSSR count). The van der Waals surface area contributed by atoms with Gasteiger partial charge in [0.15, 0.2) is 6.10 Å². The molecule has 27 heavy (non-hydrogen) atoms. The van der Waals surface area contributed by atoms with Crippen LogP contribution in [0.3, 0.4) is 0 Å². The maximum atomic E-state index is 12.3. The van der Waals surface area contributed by atoms with Crippen molar-refractivity contribution in [3.63, 3.8) is 0 Å². The van der Waals surface area contributed by atoms with Gasteiger partial charge in [-0.15, -0.1) is 0 Å². The molecule has 2 fully saturated rings. The monoisotopic (exact) mass is 395 g/mol. The average Bonchev–Trinajstić information content (AvgIpc) is 3.17. The second kappa shape index (κ2) is 8.58. The van der Waals surface area contributed by atoms with Crippen molar-refractivity contribution < 1.29 is 24.2 Å². The molecule has 2 amide bonds. The van der Waals surface area contributed by atoms with Crippen molar-refractivity contribution in [2.75, 3.05) is 37.6 Å². The number of anilines is 1. The smallest absolute Gasteiger partial charge is 0.332 e. The molecule has 0 radical (unpaired) electrons. The third-order valence-electron chi connectivity index (χ3n) is 4.83. The minimum absolute atomic E-state index is 0.114. The zero-order valence-electron chi connectivity index (χ0n) is 14.8. The lowest BCUT2D eigenvalue weighted by atomic mass is 10.2. The van der Waals surface area contributed by atoms with Gasteiger partial charge in [-0.1, -0.05) is 11.6 Å². The molecule has 0 unspecified atom stereocenters. The lowest BCUT2D eigenvalue weighted by Gasteiger charge is -2.36. The summed E-state index contributed by atoms with van der Waals surface area (Å²) in [6, 6.07) is 7.58. The van der Waals surface area contributed by atoms with Crippen molar-refractivity contribution in [1.82, 2.24) is 10.2 Å². The minimum atomic E-state index is -1.07. The minimum Gasteiger partial charge on any atom is -0.479 e. The van der Waals surface area contributed by atoms with Crippen molar-refractivity contribution in [3.05, 3.63) is 29.3 Å². The van der Waals surface area contributed by atoms with Crippen molar-refractivity contribution in [3.8, 4) is 0 Å². The van der Waals surface area contributed by atoms with E-state index < -0.39 is 24.1 Å². The van der Waals surface area contributed by atoms with Crippen LogP contribution in [0.15, 0.2) is 24.3 Å². The summed E-state index contributed by atoms with van der Waals surface area (Å²) in [5.41, 5.74) is 1.06. The second-order valence-corrected chi connectivity index (χ2v) is 7.03. The summed E-state index contributed by atoms with van der Waals surface area (Å²) in [4.78, 5) is 39.1. The zero-order valence-corrected chi connectivity index (χ0v) is 15.5. The summed E-state index contributed by atoms with van der Waals surface area (Å²) in [5, 5.41) is 12.1. The summed E-state index contributed by atoms with van der Waals surface area (Å²) in [6.45, 7) is 2.43. The molecule has 0 spiro atoms. The average molecular weight is 396 g/mol. The Morgan fingerprint density at radius 1 is 1.07 bits per heavy atom. The van der Waals surface area contributed by atoms with E-state index in [4.69, 9.17) is 21.4 Å². The van der Waals surface area contributed by atoms with Crippen LogP contribution in [0, 0.1) is 0 Å². The molecule has 146 valence electrons. The number of rotatable bonds is 5. The van der Waals surface area contributed by atoms with Crippen molar-refractivity contribution in [1.29, 1.82) is 0 Å². The quantitative estimate of drug-likeness (QED) is 0.762. The van der Waals surface area contributed by atoms with Crippen LogP contribution in [-0.4, -0.2) is 72.7 Å². The highest BCUT2D eigenvalue weighted by atomic mass is 35.5. The fraction of sp³-hybridized carbons (Fsp3) is 0.500. The summed E-state index contributed by atoms with van der Waals surface area (Å²) in [5.74, 6) is -1.67. The summed E-state index contributed by atoms with van der Waals surface area (Å²) < 4.78 is 5.18. The largest absolute Gasteiger partial charge is 0.479 e. The molecule has 0 saturated carbocycles. The van der Waals surface area contributed by atoms with Gasteiger partial charge in [0.2, 0.25) is 11.8 Å². The van der Waals surface area contributed by atoms with E-state index in [0.717, 1.165) is 5.69 Å². The van der Waals surface area contributed by atoms with Crippen molar-refractivity contribution in [2.24, 2.45) is 0 Å². The SMILES string of the molecule is O=C(NCC(=O)N1CCN(c2ccc(Cl)cc2)CC1)[C@@H]1CC[C@H](C(=O)O)O1. The Morgan fingerprint density at radius 2 is 1.70 bits per heavy atom. The predicted octanol–water partition coefficient (Wildman–Crippen LogP) is 0.737. The fourth-order valence-corrected chi connectivity index (χ4v) is 3.39. The summed E-state index contributed by atoms with van der Waals surface area (Å²) >= 11 is 5.90. The van der Waals surface area contributed by atoms with Gasteiger partial charge >= 0.3 is 5.97 Å². The van der Waals surface area contributed by atoms with Crippen LogP contribution in [0.5, 0.6) is 0 Å². The number of nitrogens with zero attached hydrogens (tertiary/aromatic N) is 2. The highest BCUT2D eigenvalue weighted by molar-refractivity contribution is 6.30. The van der Waals surface area contributed by atoms with Crippen LogP contribution < -0.4 is 10.2 Å². The molecule has 2 N–H and O–H groups in total. The number of aliphatic carboxylic acids is 1. The van der Waals surface area contributed by atoms with E-state index in [0.29, 0.717) is 44.0 Å². The standard InChI is InChI=1S/C18H22ClN3O5/c19-12-1-3-13(4-2-12)21-7-9-22(10-8-21)16(23)11-20-17(24)14-5-6-15(27-14)18(25)26/h1-4,14-15H,5-11H2,(H,20,24)(H,25,26)/t14-,15+/m0/s1. The Kier molecular flexibility index (Phi) is 6.18. The number of carbonyl (C=O) groups is 3. The van der Waals surface area contributed by atoms with Crippen LogP contribution in [0.2, 0.25) is 5.02 Å². The maximum absolute atomic E-state index is 12.3. The first-order chi connectivity index (χ1) is 12.9. The van der Waals surface area contributed by atoms with Crippen LogP contribution in [0.1, 0.15) is 12.8 Å². The second-order valence-electron chi connectivity index (χ2n) is 6.59. The first-order valence-corrected chi connectivity index (χ1v) is 9.26. The Labute approximate surface area is 162 Å². The third-order valence-corrected chi connectivity index (χ3v) is 5.08.